The molecule has 1 aromatic heterocycles. The second kappa shape index (κ2) is 7.11. The molecule has 1 aromatic carbocycles. The number of nitrogens with zero attached hydrogens (tertiary/aromatic N) is 2. The van der Waals surface area contributed by atoms with Gasteiger partial charge >= 0.3 is 6.03 Å². The van der Waals surface area contributed by atoms with Gasteiger partial charge in [0.25, 0.3) is 0 Å². The van der Waals surface area contributed by atoms with Crippen LogP contribution in [0.5, 0.6) is 0 Å². The Labute approximate surface area is 150 Å². The number of hydrogen-bond acceptors (Lipinski definition) is 6. The van der Waals surface area contributed by atoms with E-state index in [-0.39, 0.29) is 18.1 Å². The summed E-state index contributed by atoms with van der Waals surface area (Å²) < 4.78 is 23.1. The number of amides is 2. The fourth-order valence-electron chi connectivity index (χ4n) is 2.74. The van der Waals surface area contributed by atoms with Crippen molar-refractivity contribution >= 4 is 27.2 Å². The number of carbonyl (C=O) groups is 1. The molecule has 0 aliphatic carbocycles. The van der Waals surface area contributed by atoms with Crippen molar-refractivity contribution in [3.63, 3.8) is 0 Å². The second-order valence-electron chi connectivity index (χ2n) is 5.97. The van der Waals surface area contributed by atoms with Crippen LogP contribution in [0.25, 0.3) is 11.3 Å². The van der Waals surface area contributed by atoms with Gasteiger partial charge in [0.2, 0.25) is 0 Å². The average molecular weight is 381 g/mol. The van der Waals surface area contributed by atoms with Crippen molar-refractivity contribution < 1.29 is 18.3 Å². The number of aliphatic hydroxyl groups is 1. The van der Waals surface area contributed by atoms with Gasteiger partial charge in [0.15, 0.2) is 9.84 Å². The highest BCUT2D eigenvalue weighted by atomic mass is 32.2. The summed E-state index contributed by atoms with van der Waals surface area (Å²) in [5, 5.41) is 15.2. The molecule has 2 atom stereocenters. The molecule has 1 aliphatic heterocycles. The van der Waals surface area contributed by atoms with Crippen LogP contribution in [0.3, 0.4) is 0 Å². The van der Waals surface area contributed by atoms with Crippen LogP contribution in [0, 0.1) is 0 Å². The van der Waals surface area contributed by atoms with Crippen LogP contribution in [0.2, 0.25) is 0 Å². The Morgan fingerprint density at radius 2 is 2.08 bits per heavy atom. The molecular weight excluding hydrogens is 362 g/mol. The number of hydrogen-bond donors (Lipinski definition) is 2. The predicted molar refractivity (Wildman–Crippen MR) is 96.0 cm³/mol. The molecule has 1 saturated heterocycles. The van der Waals surface area contributed by atoms with Crippen LogP contribution in [0.1, 0.15) is 5.01 Å². The molecule has 1 aliphatic rings. The van der Waals surface area contributed by atoms with Gasteiger partial charge in [-0.05, 0) is 0 Å². The number of aromatic nitrogens is 1. The van der Waals surface area contributed by atoms with E-state index in [1.165, 1.54) is 23.3 Å². The minimum absolute atomic E-state index is 0.215. The Morgan fingerprint density at radius 3 is 2.72 bits per heavy atom. The lowest BCUT2D eigenvalue weighted by atomic mass is 10.2. The quantitative estimate of drug-likeness (QED) is 0.826. The minimum atomic E-state index is -3.30. The second-order valence-corrected chi connectivity index (χ2v) is 9.07. The molecule has 2 amide bonds. The van der Waals surface area contributed by atoms with Crippen molar-refractivity contribution in [2.24, 2.45) is 0 Å². The SMILES string of the molecule is CN(C(=O)NCc1nc(-c2ccccc2)cs1)[C@@H]1CS(=O)(=O)C[C@H]1O. The molecule has 0 saturated carbocycles. The topological polar surface area (TPSA) is 99.6 Å². The van der Waals surface area contributed by atoms with Crippen molar-refractivity contribution in [3.8, 4) is 11.3 Å². The van der Waals surface area contributed by atoms with E-state index in [0.717, 1.165) is 16.3 Å². The molecule has 0 radical (unpaired) electrons. The van der Waals surface area contributed by atoms with E-state index in [4.69, 9.17) is 0 Å². The molecule has 0 spiro atoms. The van der Waals surface area contributed by atoms with Gasteiger partial charge in [-0.25, -0.2) is 18.2 Å². The van der Waals surface area contributed by atoms with Crippen LogP contribution >= 0.6 is 11.3 Å². The summed E-state index contributed by atoms with van der Waals surface area (Å²) in [6.45, 7) is 0.246. The van der Waals surface area contributed by atoms with Crippen molar-refractivity contribution in [3.05, 3.63) is 40.7 Å². The summed E-state index contributed by atoms with van der Waals surface area (Å²) in [4.78, 5) is 18.0. The van der Waals surface area contributed by atoms with E-state index in [2.05, 4.69) is 10.3 Å². The molecule has 134 valence electrons. The first kappa shape index (κ1) is 17.8. The molecule has 2 aromatic rings. The van der Waals surface area contributed by atoms with E-state index < -0.39 is 28.0 Å². The molecular formula is C16H19N3O4S2. The lowest BCUT2D eigenvalue weighted by Gasteiger charge is -2.25. The third kappa shape index (κ3) is 4.17. The van der Waals surface area contributed by atoms with Gasteiger partial charge in [0.1, 0.15) is 5.01 Å². The lowest BCUT2D eigenvalue weighted by Crippen LogP contribution is -2.48. The maximum Gasteiger partial charge on any atom is 0.317 e. The minimum Gasteiger partial charge on any atom is -0.390 e. The van der Waals surface area contributed by atoms with Gasteiger partial charge in [-0.2, -0.15) is 0 Å². The van der Waals surface area contributed by atoms with Gasteiger partial charge in [0, 0.05) is 18.0 Å². The van der Waals surface area contributed by atoms with Crippen molar-refractivity contribution in [2.75, 3.05) is 18.6 Å². The fourth-order valence-corrected chi connectivity index (χ4v) is 5.33. The number of aliphatic hydroxyl groups excluding tert-OH is 1. The first-order valence-electron chi connectivity index (χ1n) is 7.75. The summed E-state index contributed by atoms with van der Waals surface area (Å²) in [6.07, 6.45) is -1.05. The monoisotopic (exact) mass is 381 g/mol. The predicted octanol–water partition coefficient (Wildman–Crippen LogP) is 1.11. The van der Waals surface area contributed by atoms with Crippen molar-refractivity contribution in [1.82, 2.24) is 15.2 Å². The van der Waals surface area contributed by atoms with Gasteiger partial charge in [-0.3, -0.25) is 0 Å². The highest BCUT2D eigenvalue weighted by molar-refractivity contribution is 7.91. The number of thiazole rings is 1. The summed E-state index contributed by atoms with van der Waals surface area (Å²) in [5.74, 6) is -0.518. The zero-order valence-corrected chi connectivity index (χ0v) is 15.3. The average Bonchev–Trinajstić information content (AvgIpc) is 3.16. The summed E-state index contributed by atoms with van der Waals surface area (Å²) in [6, 6.07) is 8.58. The standard InChI is InChI=1S/C16H19N3O4S2/c1-19(13-9-25(22,23)10-14(13)20)16(21)17-7-15-18-12(8-24-15)11-5-3-2-4-6-11/h2-6,8,13-14,20H,7,9-10H2,1H3,(H,17,21)/t13-,14-/m1/s1. The van der Waals surface area contributed by atoms with Gasteiger partial charge in [0.05, 0.1) is 35.9 Å². The van der Waals surface area contributed by atoms with Crippen LogP contribution in [-0.4, -0.2) is 60.1 Å². The number of rotatable bonds is 4. The number of carbonyl (C=O) groups excluding carboxylic acids is 1. The first-order chi connectivity index (χ1) is 11.9. The maximum atomic E-state index is 12.2. The van der Waals surface area contributed by atoms with E-state index in [9.17, 15) is 18.3 Å². The van der Waals surface area contributed by atoms with E-state index in [1.54, 1.807) is 0 Å². The number of likely N-dealkylation sites (N-methyl/N-ethyl adjacent to an activating group) is 1. The van der Waals surface area contributed by atoms with Gasteiger partial charge in [-0.1, -0.05) is 30.3 Å². The van der Waals surface area contributed by atoms with Crippen LogP contribution in [-0.2, 0) is 16.4 Å². The Bertz CT molecular complexity index is 851. The molecule has 0 bridgehead atoms. The molecule has 9 heteroatoms. The highest BCUT2D eigenvalue weighted by Gasteiger charge is 2.40. The van der Waals surface area contributed by atoms with E-state index in [1.807, 2.05) is 35.7 Å². The van der Waals surface area contributed by atoms with Gasteiger partial charge in [-0.15, -0.1) is 11.3 Å². The zero-order valence-electron chi connectivity index (χ0n) is 13.6. The van der Waals surface area contributed by atoms with E-state index in [0.29, 0.717) is 0 Å². The molecule has 7 nitrogen and oxygen atoms in total. The molecule has 3 rings (SSSR count). The normalized spacial score (nSPS) is 21.8. The Morgan fingerprint density at radius 1 is 1.36 bits per heavy atom. The van der Waals surface area contributed by atoms with Crippen LogP contribution < -0.4 is 5.32 Å². The number of sulfone groups is 1. The van der Waals surface area contributed by atoms with Crippen molar-refractivity contribution in [2.45, 2.75) is 18.7 Å². The third-order valence-corrected chi connectivity index (χ3v) is 6.67. The number of nitrogens with one attached hydrogen (secondary N) is 1. The first-order valence-corrected chi connectivity index (χ1v) is 10.4. The largest absolute Gasteiger partial charge is 0.390 e. The number of benzene rings is 1. The Hall–Kier alpha value is -1.97. The summed E-state index contributed by atoms with van der Waals surface area (Å²) in [7, 11) is -1.81. The molecule has 2 N–H and O–H groups in total. The summed E-state index contributed by atoms with van der Waals surface area (Å²) >= 11 is 1.44. The molecule has 0 unspecified atom stereocenters. The maximum absolute atomic E-state index is 12.2. The molecule has 25 heavy (non-hydrogen) atoms. The third-order valence-electron chi connectivity index (χ3n) is 4.12. The van der Waals surface area contributed by atoms with Crippen LogP contribution in [0.4, 0.5) is 4.79 Å². The Balaban J connectivity index is 1.58. The zero-order chi connectivity index (χ0) is 18.0. The van der Waals surface area contributed by atoms with Gasteiger partial charge < -0.3 is 15.3 Å². The van der Waals surface area contributed by atoms with Crippen molar-refractivity contribution in [1.29, 1.82) is 0 Å². The molecule has 2 heterocycles. The molecule has 1 fully saturated rings. The lowest BCUT2D eigenvalue weighted by molar-refractivity contribution is 0.110. The summed E-state index contributed by atoms with van der Waals surface area (Å²) in [5.41, 5.74) is 1.85. The fraction of sp³-hybridized carbons (Fsp3) is 0.375. The Kier molecular flexibility index (Phi) is 5.07. The number of urea groups is 1. The van der Waals surface area contributed by atoms with E-state index >= 15 is 0 Å². The smallest absolute Gasteiger partial charge is 0.317 e. The highest BCUT2D eigenvalue weighted by Crippen LogP contribution is 2.21. The van der Waals surface area contributed by atoms with Crippen LogP contribution in [0.15, 0.2) is 35.7 Å².